The van der Waals surface area contributed by atoms with Crippen LogP contribution in [0.5, 0.6) is 5.75 Å². The number of hydrogen-bond acceptors (Lipinski definition) is 3. The molecule has 1 aromatic carbocycles. The van der Waals surface area contributed by atoms with E-state index in [-0.39, 0.29) is 17.2 Å². The van der Waals surface area contributed by atoms with Gasteiger partial charge in [0.1, 0.15) is 11.3 Å². The standard InChI is InChI=1S/C12H12I2O4/c1-3-6(2)12(17)18-9-5-7(13)4-8(14)10(9)11(15)16/h4-6H,3H2,1-2H3,(H,15,16). The highest BCUT2D eigenvalue weighted by molar-refractivity contribution is 14.1. The summed E-state index contributed by atoms with van der Waals surface area (Å²) in [5.74, 6) is -1.63. The van der Waals surface area contributed by atoms with Crippen LogP contribution in [0.3, 0.4) is 0 Å². The van der Waals surface area contributed by atoms with Gasteiger partial charge in [0, 0.05) is 7.14 Å². The average Bonchev–Trinajstić information content (AvgIpc) is 2.26. The fraction of sp³-hybridized carbons (Fsp3) is 0.333. The van der Waals surface area contributed by atoms with Gasteiger partial charge in [0.25, 0.3) is 0 Å². The van der Waals surface area contributed by atoms with E-state index in [1.54, 1.807) is 19.1 Å². The van der Waals surface area contributed by atoms with Gasteiger partial charge in [-0.2, -0.15) is 0 Å². The number of aromatic carboxylic acids is 1. The molecule has 1 aromatic rings. The van der Waals surface area contributed by atoms with Gasteiger partial charge in [-0.25, -0.2) is 4.79 Å². The van der Waals surface area contributed by atoms with Crippen molar-refractivity contribution < 1.29 is 19.4 Å². The van der Waals surface area contributed by atoms with Gasteiger partial charge in [-0.3, -0.25) is 4.79 Å². The lowest BCUT2D eigenvalue weighted by Crippen LogP contribution is -2.19. The van der Waals surface area contributed by atoms with Crippen LogP contribution in [0.4, 0.5) is 0 Å². The minimum absolute atomic E-state index is 0.0349. The van der Waals surface area contributed by atoms with E-state index >= 15 is 0 Å². The van der Waals surface area contributed by atoms with Crippen LogP contribution in [-0.2, 0) is 4.79 Å². The van der Waals surface area contributed by atoms with Crippen LogP contribution < -0.4 is 4.74 Å². The number of ether oxygens (including phenoxy) is 1. The third kappa shape index (κ3) is 3.81. The van der Waals surface area contributed by atoms with Crippen molar-refractivity contribution in [3.8, 4) is 5.75 Å². The third-order valence-corrected chi connectivity index (χ3v) is 3.93. The lowest BCUT2D eigenvalue weighted by atomic mass is 10.1. The summed E-state index contributed by atoms with van der Waals surface area (Å²) in [7, 11) is 0. The van der Waals surface area contributed by atoms with Gasteiger partial charge in [-0.05, 0) is 63.7 Å². The molecule has 6 heteroatoms. The van der Waals surface area contributed by atoms with E-state index < -0.39 is 11.9 Å². The van der Waals surface area contributed by atoms with Crippen molar-refractivity contribution in [2.45, 2.75) is 20.3 Å². The van der Waals surface area contributed by atoms with Gasteiger partial charge < -0.3 is 9.84 Å². The van der Waals surface area contributed by atoms with Gasteiger partial charge in [-0.1, -0.05) is 13.8 Å². The molecule has 0 bridgehead atoms. The quantitative estimate of drug-likeness (QED) is 0.412. The predicted octanol–water partition coefficient (Wildman–Crippen LogP) is 3.55. The molecule has 0 spiro atoms. The van der Waals surface area contributed by atoms with Crippen LogP contribution in [0.25, 0.3) is 0 Å². The molecule has 0 aromatic heterocycles. The number of carboxylic acids is 1. The normalized spacial score (nSPS) is 12.0. The molecular weight excluding hydrogens is 462 g/mol. The molecule has 1 unspecified atom stereocenters. The number of esters is 1. The Balaban J connectivity index is 3.15. The third-order valence-electron chi connectivity index (χ3n) is 2.46. The Hall–Kier alpha value is -0.380. The Bertz CT molecular complexity index is 485. The minimum Gasteiger partial charge on any atom is -0.478 e. The summed E-state index contributed by atoms with van der Waals surface area (Å²) >= 11 is 3.98. The molecule has 0 aliphatic rings. The molecule has 18 heavy (non-hydrogen) atoms. The second-order valence-corrected chi connectivity index (χ2v) is 6.20. The maximum absolute atomic E-state index is 11.7. The Morgan fingerprint density at radius 2 is 2.00 bits per heavy atom. The van der Waals surface area contributed by atoms with Crippen LogP contribution in [-0.4, -0.2) is 17.0 Å². The Morgan fingerprint density at radius 3 is 2.50 bits per heavy atom. The largest absolute Gasteiger partial charge is 0.478 e. The molecule has 4 nitrogen and oxygen atoms in total. The molecule has 1 rings (SSSR count). The monoisotopic (exact) mass is 474 g/mol. The molecule has 1 N–H and O–H groups in total. The molecule has 0 saturated heterocycles. The first-order chi connectivity index (χ1) is 8.36. The van der Waals surface area contributed by atoms with E-state index in [2.05, 4.69) is 22.6 Å². The summed E-state index contributed by atoms with van der Waals surface area (Å²) in [6.07, 6.45) is 0.655. The van der Waals surface area contributed by atoms with Crippen molar-refractivity contribution >= 4 is 57.1 Å². The predicted molar refractivity (Wildman–Crippen MR) is 83.9 cm³/mol. The van der Waals surface area contributed by atoms with Gasteiger partial charge in [0.15, 0.2) is 0 Å². The van der Waals surface area contributed by atoms with Crippen molar-refractivity contribution in [1.82, 2.24) is 0 Å². The summed E-state index contributed by atoms with van der Waals surface area (Å²) in [4.78, 5) is 22.9. The van der Waals surface area contributed by atoms with Crippen molar-refractivity contribution in [2.24, 2.45) is 5.92 Å². The molecule has 0 aliphatic heterocycles. The van der Waals surface area contributed by atoms with Gasteiger partial charge >= 0.3 is 11.9 Å². The second-order valence-electron chi connectivity index (χ2n) is 3.80. The first-order valence-corrected chi connectivity index (χ1v) is 7.46. The van der Waals surface area contributed by atoms with Gasteiger partial charge in [-0.15, -0.1) is 0 Å². The number of carbonyl (C=O) groups is 2. The highest BCUT2D eigenvalue weighted by Crippen LogP contribution is 2.28. The van der Waals surface area contributed by atoms with Crippen molar-refractivity contribution in [1.29, 1.82) is 0 Å². The number of hydrogen-bond donors (Lipinski definition) is 1. The zero-order chi connectivity index (χ0) is 13.9. The van der Waals surface area contributed by atoms with Crippen molar-refractivity contribution in [2.75, 3.05) is 0 Å². The van der Waals surface area contributed by atoms with Gasteiger partial charge in [0.05, 0.1) is 5.92 Å². The first-order valence-electron chi connectivity index (χ1n) is 5.30. The molecular formula is C12H12I2O4. The highest BCUT2D eigenvalue weighted by Gasteiger charge is 2.21. The van der Waals surface area contributed by atoms with Crippen LogP contribution in [0.15, 0.2) is 12.1 Å². The molecule has 0 heterocycles. The Labute approximate surface area is 132 Å². The maximum atomic E-state index is 11.7. The fourth-order valence-corrected chi connectivity index (χ4v) is 3.24. The number of benzene rings is 1. The average molecular weight is 474 g/mol. The number of rotatable bonds is 4. The van der Waals surface area contributed by atoms with Crippen LogP contribution in [0, 0.1) is 13.1 Å². The topological polar surface area (TPSA) is 63.6 Å². The van der Waals surface area contributed by atoms with E-state index in [1.807, 2.05) is 29.5 Å². The van der Waals surface area contributed by atoms with Crippen LogP contribution in [0.2, 0.25) is 0 Å². The molecule has 1 atom stereocenters. The van der Waals surface area contributed by atoms with E-state index in [9.17, 15) is 9.59 Å². The second kappa shape index (κ2) is 6.69. The van der Waals surface area contributed by atoms with E-state index in [1.165, 1.54) is 0 Å². The molecule has 0 radical (unpaired) electrons. The van der Waals surface area contributed by atoms with Crippen molar-refractivity contribution in [3.05, 3.63) is 24.8 Å². The summed E-state index contributed by atoms with van der Waals surface area (Å²) in [5.41, 5.74) is 0.0349. The van der Waals surface area contributed by atoms with E-state index in [0.29, 0.717) is 9.99 Å². The van der Waals surface area contributed by atoms with E-state index in [0.717, 1.165) is 3.57 Å². The van der Waals surface area contributed by atoms with Crippen LogP contribution >= 0.6 is 45.2 Å². The maximum Gasteiger partial charge on any atom is 0.340 e. The minimum atomic E-state index is -1.09. The Kier molecular flexibility index (Phi) is 5.83. The van der Waals surface area contributed by atoms with Gasteiger partial charge in [0.2, 0.25) is 0 Å². The smallest absolute Gasteiger partial charge is 0.340 e. The SMILES string of the molecule is CCC(C)C(=O)Oc1cc(I)cc(I)c1C(=O)O. The number of halogens is 2. The highest BCUT2D eigenvalue weighted by atomic mass is 127. The number of carboxylic acid groups (broad SMARTS) is 1. The van der Waals surface area contributed by atoms with Crippen molar-refractivity contribution in [3.63, 3.8) is 0 Å². The van der Waals surface area contributed by atoms with Crippen LogP contribution in [0.1, 0.15) is 30.6 Å². The zero-order valence-corrected chi connectivity index (χ0v) is 14.2. The summed E-state index contributed by atoms with van der Waals surface area (Å²) in [6, 6.07) is 3.29. The lowest BCUT2D eigenvalue weighted by Gasteiger charge is -2.12. The zero-order valence-electron chi connectivity index (χ0n) is 9.87. The molecule has 0 fully saturated rings. The molecule has 0 saturated carbocycles. The summed E-state index contributed by atoms with van der Waals surface area (Å²) in [5, 5.41) is 9.15. The number of carbonyl (C=O) groups excluding carboxylic acids is 1. The Morgan fingerprint density at radius 1 is 1.39 bits per heavy atom. The first kappa shape index (κ1) is 15.7. The molecule has 0 amide bonds. The molecule has 98 valence electrons. The summed E-state index contributed by atoms with van der Waals surface area (Å²) in [6.45, 7) is 3.63. The summed E-state index contributed by atoms with van der Waals surface area (Å²) < 4.78 is 6.57. The van der Waals surface area contributed by atoms with E-state index in [4.69, 9.17) is 9.84 Å². The lowest BCUT2D eigenvalue weighted by molar-refractivity contribution is -0.138. The molecule has 0 aliphatic carbocycles. The fourth-order valence-electron chi connectivity index (χ4n) is 1.21.